The SMILES string of the molecule is CN1C(C)(C)CC(Nc2ccc(N=CC3C(=O)Nc4cc(F)ccc43)cc2F)CC1(C)C. The highest BCUT2D eigenvalue weighted by atomic mass is 19.1. The number of benzene rings is 2. The van der Waals surface area contributed by atoms with Crippen LogP contribution >= 0.6 is 0 Å². The van der Waals surface area contributed by atoms with Crippen LogP contribution in [0, 0.1) is 11.6 Å². The number of nitrogens with one attached hydrogen (secondary N) is 2. The van der Waals surface area contributed by atoms with E-state index in [4.69, 9.17) is 0 Å². The number of piperidine rings is 1. The maximum absolute atomic E-state index is 14.9. The van der Waals surface area contributed by atoms with Gasteiger partial charge in [0.1, 0.15) is 17.6 Å². The van der Waals surface area contributed by atoms with Crippen molar-refractivity contribution in [3.05, 3.63) is 53.6 Å². The van der Waals surface area contributed by atoms with E-state index in [0.717, 1.165) is 12.8 Å². The summed E-state index contributed by atoms with van der Waals surface area (Å²) in [5.41, 5.74) is 1.97. The predicted octanol–water partition coefficient (Wildman–Crippen LogP) is 5.47. The number of hydrogen-bond acceptors (Lipinski definition) is 4. The standard InChI is InChI=1S/C25H30F2N4O/c1-24(2)12-17(13-25(3,4)31(24)5)29-21-9-7-16(11-20(21)27)28-14-19-18-8-6-15(26)10-22(18)30-23(19)32/h6-11,14,17,19,29H,12-13H2,1-5H3,(H,30,32). The lowest BCUT2D eigenvalue weighted by molar-refractivity contribution is -0.115. The lowest BCUT2D eigenvalue weighted by Crippen LogP contribution is -2.61. The van der Waals surface area contributed by atoms with Crippen LogP contribution in [0.2, 0.25) is 0 Å². The smallest absolute Gasteiger partial charge is 0.237 e. The monoisotopic (exact) mass is 440 g/mol. The summed E-state index contributed by atoms with van der Waals surface area (Å²) >= 11 is 0. The number of aliphatic imine (C=N–C) groups is 1. The Morgan fingerprint density at radius 1 is 1.09 bits per heavy atom. The van der Waals surface area contributed by atoms with Gasteiger partial charge >= 0.3 is 0 Å². The summed E-state index contributed by atoms with van der Waals surface area (Å²) < 4.78 is 28.2. The molecule has 1 atom stereocenters. The molecule has 0 spiro atoms. The van der Waals surface area contributed by atoms with Gasteiger partial charge in [0.05, 0.1) is 11.4 Å². The molecule has 1 amide bonds. The molecule has 2 aliphatic heterocycles. The zero-order valence-electron chi connectivity index (χ0n) is 19.2. The maximum atomic E-state index is 14.9. The Morgan fingerprint density at radius 2 is 1.78 bits per heavy atom. The third-order valence-corrected chi connectivity index (χ3v) is 6.88. The second kappa shape index (κ2) is 7.96. The molecule has 0 aromatic heterocycles. The average Bonchev–Trinajstić information content (AvgIpc) is 3.00. The van der Waals surface area contributed by atoms with E-state index in [0.29, 0.717) is 22.6 Å². The molecule has 1 fully saturated rings. The lowest BCUT2D eigenvalue weighted by atomic mass is 9.77. The summed E-state index contributed by atoms with van der Waals surface area (Å²) in [5, 5.41) is 6.03. The van der Waals surface area contributed by atoms with Crippen LogP contribution in [0.4, 0.5) is 25.8 Å². The van der Waals surface area contributed by atoms with Crippen LogP contribution in [0.3, 0.4) is 0 Å². The molecule has 1 unspecified atom stereocenters. The van der Waals surface area contributed by atoms with Gasteiger partial charge in [0.15, 0.2) is 0 Å². The van der Waals surface area contributed by atoms with Crippen LogP contribution in [0.25, 0.3) is 0 Å². The molecule has 170 valence electrons. The first-order valence-corrected chi connectivity index (χ1v) is 10.9. The predicted molar refractivity (Wildman–Crippen MR) is 125 cm³/mol. The summed E-state index contributed by atoms with van der Waals surface area (Å²) in [6, 6.07) is 9.10. The number of hydrogen-bond donors (Lipinski definition) is 2. The van der Waals surface area contributed by atoms with Gasteiger partial charge in [0.2, 0.25) is 5.91 Å². The van der Waals surface area contributed by atoms with Gasteiger partial charge in [-0.1, -0.05) is 6.07 Å². The van der Waals surface area contributed by atoms with E-state index in [-0.39, 0.29) is 28.8 Å². The number of carbonyl (C=O) groups is 1. The largest absolute Gasteiger partial charge is 0.380 e. The van der Waals surface area contributed by atoms with E-state index in [1.54, 1.807) is 18.2 Å². The maximum Gasteiger partial charge on any atom is 0.237 e. The highest BCUT2D eigenvalue weighted by Gasteiger charge is 2.43. The van der Waals surface area contributed by atoms with Gasteiger partial charge in [-0.15, -0.1) is 0 Å². The van der Waals surface area contributed by atoms with Gasteiger partial charge in [-0.25, -0.2) is 8.78 Å². The molecule has 5 nitrogen and oxygen atoms in total. The Kier molecular flexibility index (Phi) is 5.57. The third kappa shape index (κ3) is 4.26. The minimum atomic E-state index is -0.629. The second-order valence-corrected chi connectivity index (χ2v) is 10.1. The van der Waals surface area contributed by atoms with Crippen LogP contribution < -0.4 is 10.6 Å². The van der Waals surface area contributed by atoms with E-state index in [1.807, 2.05) is 0 Å². The van der Waals surface area contributed by atoms with Crippen LogP contribution in [-0.2, 0) is 4.79 Å². The van der Waals surface area contributed by atoms with E-state index in [9.17, 15) is 13.6 Å². The van der Waals surface area contributed by atoms with Gasteiger partial charge in [-0.2, -0.15) is 0 Å². The number of carbonyl (C=O) groups excluding carboxylic acids is 1. The summed E-state index contributed by atoms with van der Waals surface area (Å²) in [5.74, 6) is -1.70. The molecule has 2 heterocycles. The van der Waals surface area contributed by atoms with Crippen molar-refractivity contribution in [3.63, 3.8) is 0 Å². The van der Waals surface area contributed by atoms with Crippen LogP contribution in [0.5, 0.6) is 0 Å². The van der Waals surface area contributed by atoms with Crippen LogP contribution in [0.1, 0.15) is 52.0 Å². The molecule has 4 rings (SSSR count). The first-order valence-electron chi connectivity index (χ1n) is 10.9. The zero-order chi connectivity index (χ0) is 23.3. The fourth-order valence-corrected chi connectivity index (χ4v) is 4.96. The number of halogens is 2. The normalized spacial score (nSPS) is 22.7. The van der Waals surface area contributed by atoms with Crippen molar-refractivity contribution in [2.24, 2.45) is 4.99 Å². The second-order valence-electron chi connectivity index (χ2n) is 10.1. The number of amides is 1. The van der Waals surface area contributed by atoms with Crippen molar-refractivity contribution >= 4 is 29.2 Å². The van der Waals surface area contributed by atoms with Crippen molar-refractivity contribution in [1.82, 2.24) is 4.90 Å². The van der Waals surface area contributed by atoms with Crippen molar-refractivity contribution in [1.29, 1.82) is 0 Å². The summed E-state index contributed by atoms with van der Waals surface area (Å²) in [7, 11) is 2.14. The lowest BCUT2D eigenvalue weighted by Gasteiger charge is -2.53. The number of anilines is 2. The van der Waals surface area contributed by atoms with E-state index >= 15 is 0 Å². The molecule has 2 aromatic rings. The number of rotatable bonds is 4. The van der Waals surface area contributed by atoms with E-state index in [1.165, 1.54) is 24.4 Å². The van der Waals surface area contributed by atoms with Gasteiger partial charge < -0.3 is 10.6 Å². The highest BCUT2D eigenvalue weighted by Crippen LogP contribution is 2.38. The summed E-state index contributed by atoms with van der Waals surface area (Å²) in [6.07, 6.45) is 3.29. The molecule has 0 saturated carbocycles. The zero-order valence-corrected chi connectivity index (χ0v) is 19.2. The number of nitrogens with zero attached hydrogens (tertiary/aromatic N) is 2. The number of likely N-dealkylation sites (tertiary alicyclic amines) is 1. The average molecular weight is 441 g/mol. The summed E-state index contributed by atoms with van der Waals surface area (Å²) in [6.45, 7) is 8.84. The van der Waals surface area contributed by atoms with Gasteiger partial charge in [-0.3, -0.25) is 14.7 Å². The molecule has 2 N–H and O–H groups in total. The molecule has 2 aliphatic rings. The fourth-order valence-electron chi connectivity index (χ4n) is 4.96. The molecule has 0 radical (unpaired) electrons. The molecule has 1 saturated heterocycles. The van der Waals surface area contributed by atoms with Crippen molar-refractivity contribution in [2.75, 3.05) is 17.7 Å². The first-order chi connectivity index (χ1) is 15.0. The fraction of sp³-hybridized carbons (Fsp3) is 0.440. The first kappa shape index (κ1) is 22.4. The Morgan fingerprint density at radius 3 is 2.44 bits per heavy atom. The quantitative estimate of drug-likeness (QED) is 0.620. The molecule has 7 heteroatoms. The van der Waals surface area contributed by atoms with Gasteiger partial charge in [0, 0.05) is 35.1 Å². The Balaban J connectivity index is 1.48. The van der Waals surface area contributed by atoms with E-state index in [2.05, 4.69) is 55.3 Å². The molecule has 0 aliphatic carbocycles. The molecular formula is C25H30F2N4O. The van der Waals surface area contributed by atoms with Crippen LogP contribution in [0.15, 0.2) is 41.4 Å². The minimum absolute atomic E-state index is 0.00118. The van der Waals surface area contributed by atoms with Crippen molar-refractivity contribution in [2.45, 2.75) is 63.6 Å². The van der Waals surface area contributed by atoms with Gasteiger partial charge in [-0.05, 0) is 77.4 Å². The number of fused-ring (bicyclic) bond motifs is 1. The molecule has 32 heavy (non-hydrogen) atoms. The van der Waals surface area contributed by atoms with Crippen LogP contribution in [-0.4, -0.2) is 41.2 Å². The van der Waals surface area contributed by atoms with Gasteiger partial charge in [0.25, 0.3) is 0 Å². The Hall–Kier alpha value is -2.80. The van der Waals surface area contributed by atoms with Crippen molar-refractivity contribution < 1.29 is 13.6 Å². The van der Waals surface area contributed by atoms with Crippen molar-refractivity contribution in [3.8, 4) is 0 Å². The Labute approximate surface area is 187 Å². The van der Waals surface area contributed by atoms with E-state index < -0.39 is 11.7 Å². The molecule has 2 aromatic carbocycles. The molecule has 0 bridgehead atoms. The topological polar surface area (TPSA) is 56.7 Å². The molecular weight excluding hydrogens is 410 g/mol. The summed E-state index contributed by atoms with van der Waals surface area (Å²) in [4.78, 5) is 18.9. The third-order valence-electron chi connectivity index (χ3n) is 6.88. The highest BCUT2D eigenvalue weighted by molar-refractivity contribution is 6.12. The minimum Gasteiger partial charge on any atom is -0.380 e. The Bertz CT molecular complexity index is 1060.